The highest BCUT2D eigenvalue weighted by molar-refractivity contribution is 9.10. The van der Waals surface area contributed by atoms with Gasteiger partial charge in [0.05, 0.1) is 6.61 Å². The first kappa shape index (κ1) is 15.0. The summed E-state index contributed by atoms with van der Waals surface area (Å²) in [7, 11) is 1.98. The fourth-order valence-electron chi connectivity index (χ4n) is 1.96. The molecule has 1 unspecified atom stereocenters. The van der Waals surface area contributed by atoms with Crippen LogP contribution >= 0.6 is 15.9 Å². The van der Waals surface area contributed by atoms with Crippen molar-refractivity contribution in [2.75, 3.05) is 13.7 Å². The minimum absolute atomic E-state index is 0.368. The van der Waals surface area contributed by atoms with E-state index >= 15 is 0 Å². The van der Waals surface area contributed by atoms with Gasteiger partial charge in [-0.1, -0.05) is 18.2 Å². The third kappa shape index (κ3) is 4.94. The smallest absolute Gasteiger partial charge is 0.119 e. The summed E-state index contributed by atoms with van der Waals surface area (Å²) in [5.41, 5.74) is 1.09. The number of aromatic nitrogens is 1. The number of rotatable bonds is 7. The van der Waals surface area contributed by atoms with Gasteiger partial charge >= 0.3 is 0 Å². The van der Waals surface area contributed by atoms with Crippen LogP contribution in [0.2, 0.25) is 0 Å². The quantitative estimate of drug-likeness (QED) is 0.842. The molecule has 2 rings (SSSR count). The number of pyridine rings is 1. The van der Waals surface area contributed by atoms with E-state index in [0.29, 0.717) is 12.6 Å². The summed E-state index contributed by atoms with van der Waals surface area (Å²) < 4.78 is 6.74. The zero-order valence-electron chi connectivity index (χ0n) is 11.6. The molecule has 0 aliphatic carbocycles. The number of nitrogens with one attached hydrogen (secondary N) is 1. The monoisotopic (exact) mass is 334 g/mol. The van der Waals surface area contributed by atoms with Crippen LogP contribution in [0, 0.1) is 0 Å². The molecule has 1 heterocycles. The fraction of sp³-hybridized carbons (Fsp3) is 0.312. The van der Waals surface area contributed by atoms with Crippen molar-refractivity contribution in [3.63, 3.8) is 0 Å². The van der Waals surface area contributed by atoms with Gasteiger partial charge in [-0.15, -0.1) is 0 Å². The lowest BCUT2D eigenvalue weighted by Gasteiger charge is -2.16. The summed E-state index contributed by atoms with van der Waals surface area (Å²) in [5.74, 6) is 0.920. The molecule has 3 nitrogen and oxygen atoms in total. The van der Waals surface area contributed by atoms with Gasteiger partial charge in [-0.05, 0) is 53.7 Å². The normalized spacial score (nSPS) is 12.1. The van der Waals surface area contributed by atoms with Gasteiger partial charge < -0.3 is 10.1 Å². The molecule has 20 heavy (non-hydrogen) atoms. The van der Waals surface area contributed by atoms with Gasteiger partial charge in [0.1, 0.15) is 5.75 Å². The Kier molecular flexibility index (Phi) is 6.02. The lowest BCUT2D eigenvalue weighted by molar-refractivity contribution is 0.288. The van der Waals surface area contributed by atoms with Gasteiger partial charge in [0.2, 0.25) is 0 Å². The molecule has 1 atom stereocenters. The highest BCUT2D eigenvalue weighted by atomic mass is 79.9. The van der Waals surface area contributed by atoms with E-state index in [2.05, 4.69) is 26.2 Å². The SMILES string of the molecule is CNC(CCOc1ccccc1)Cc1ccc(Br)cn1. The predicted octanol–water partition coefficient (Wildman–Crippen LogP) is 3.44. The average molecular weight is 335 g/mol. The van der Waals surface area contributed by atoms with Gasteiger partial charge in [0.15, 0.2) is 0 Å². The maximum atomic E-state index is 5.73. The minimum atomic E-state index is 0.368. The second kappa shape index (κ2) is 8.02. The van der Waals surface area contributed by atoms with Crippen molar-refractivity contribution in [1.29, 1.82) is 0 Å². The zero-order chi connectivity index (χ0) is 14.2. The van der Waals surface area contributed by atoms with Gasteiger partial charge in [0.25, 0.3) is 0 Å². The third-order valence-corrected chi connectivity index (χ3v) is 3.60. The predicted molar refractivity (Wildman–Crippen MR) is 85.0 cm³/mol. The molecule has 106 valence electrons. The number of hydrogen-bond donors (Lipinski definition) is 1. The number of hydrogen-bond acceptors (Lipinski definition) is 3. The molecule has 1 N–H and O–H groups in total. The molecule has 0 fully saturated rings. The van der Waals surface area contributed by atoms with Crippen LogP contribution in [0.15, 0.2) is 53.1 Å². The summed E-state index contributed by atoms with van der Waals surface area (Å²) in [6.07, 6.45) is 3.69. The van der Waals surface area contributed by atoms with E-state index in [0.717, 1.165) is 28.8 Å². The van der Waals surface area contributed by atoms with E-state index in [-0.39, 0.29) is 0 Å². The largest absolute Gasteiger partial charge is 0.494 e. The third-order valence-electron chi connectivity index (χ3n) is 3.13. The Morgan fingerprint density at radius 1 is 1.20 bits per heavy atom. The topological polar surface area (TPSA) is 34.1 Å². The number of halogens is 1. The number of nitrogens with zero attached hydrogens (tertiary/aromatic N) is 1. The number of para-hydroxylation sites is 1. The molecular formula is C16H19BrN2O. The second-order valence-electron chi connectivity index (χ2n) is 4.61. The lowest BCUT2D eigenvalue weighted by Crippen LogP contribution is -2.29. The summed E-state index contributed by atoms with van der Waals surface area (Å²) in [6, 6.07) is 14.3. The Hall–Kier alpha value is -1.39. The summed E-state index contributed by atoms with van der Waals surface area (Å²) >= 11 is 3.40. The number of likely N-dealkylation sites (N-methyl/N-ethyl adjacent to an activating group) is 1. The first-order valence-corrected chi connectivity index (χ1v) is 7.53. The minimum Gasteiger partial charge on any atom is -0.494 e. The highest BCUT2D eigenvalue weighted by Gasteiger charge is 2.08. The van der Waals surface area contributed by atoms with Crippen LogP contribution in [0.25, 0.3) is 0 Å². The molecule has 0 saturated carbocycles. The molecule has 0 aliphatic rings. The zero-order valence-corrected chi connectivity index (χ0v) is 13.1. The van der Waals surface area contributed by atoms with Crippen LogP contribution in [-0.4, -0.2) is 24.7 Å². The fourth-order valence-corrected chi connectivity index (χ4v) is 2.20. The maximum Gasteiger partial charge on any atom is 0.119 e. The highest BCUT2D eigenvalue weighted by Crippen LogP contribution is 2.11. The maximum absolute atomic E-state index is 5.73. The molecule has 0 saturated heterocycles. The molecule has 2 aromatic rings. The van der Waals surface area contributed by atoms with Crippen molar-refractivity contribution >= 4 is 15.9 Å². The molecular weight excluding hydrogens is 316 g/mol. The van der Waals surface area contributed by atoms with Crippen LogP contribution in [0.5, 0.6) is 5.75 Å². The molecule has 0 spiro atoms. The van der Waals surface area contributed by atoms with Crippen molar-refractivity contribution in [2.24, 2.45) is 0 Å². The molecule has 0 bridgehead atoms. The number of ether oxygens (including phenoxy) is 1. The molecule has 1 aromatic carbocycles. The Morgan fingerprint density at radius 2 is 2.00 bits per heavy atom. The molecule has 4 heteroatoms. The molecule has 0 aliphatic heterocycles. The van der Waals surface area contributed by atoms with E-state index < -0.39 is 0 Å². The van der Waals surface area contributed by atoms with Crippen molar-refractivity contribution in [3.05, 3.63) is 58.8 Å². The Bertz CT molecular complexity index is 502. The van der Waals surface area contributed by atoms with Gasteiger partial charge in [-0.3, -0.25) is 4.98 Å². The number of benzene rings is 1. The van der Waals surface area contributed by atoms with E-state index in [1.54, 1.807) is 0 Å². The first-order valence-electron chi connectivity index (χ1n) is 6.73. The van der Waals surface area contributed by atoms with E-state index in [4.69, 9.17) is 4.74 Å². The second-order valence-corrected chi connectivity index (χ2v) is 5.52. The van der Waals surface area contributed by atoms with Gasteiger partial charge in [-0.2, -0.15) is 0 Å². The average Bonchev–Trinajstić information content (AvgIpc) is 2.49. The lowest BCUT2D eigenvalue weighted by atomic mass is 10.1. The van der Waals surface area contributed by atoms with Crippen molar-refractivity contribution in [3.8, 4) is 5.75 Å². The van der Waals surface area contributed by atoms with Crippen molar-refractivity contribution in [2.45, 2.75) is 18.9 Å². The molecule has 0 radical (unpaired) electrons. The Labute approximate surface area is 128 Å². The molecule has 0 amide bonds. The van der Waals surface area contributed by atoms with Crippen LogP contribution in [0.4, 0.5) is 0 Å². The van der Waals surface area contributed by atoms with Crippen molar-refractivity contribution < 1.29 is 4.74 Å². The van der Waals surface area contributed by atoms with E-state index in [1.165, 1.54) is 0 Å². The van der Waals surface area contributed by atoms with Crippen LogP contribution in [0.1, 0.15) is 12.1 Å². The summed E-state index contributed by atoms with van der Waals surface area (Å²) in [4.78, 5) is 4.40. The van der Waals surface area contributed by atoms with Crippen LogP contribution in [-0.2, 0) is 6.42 Å². The first-order chi connectivity index (χ1) is 9.78. The van der Waals surface area contributed by atoms with Gasteiger partial charge in [0, 0.05) is 28.8 Å². The van der Waals surface area contributed by atoms with E-state index in [9.17, 15) is 0 Å². The van der Waals surface area contributed by atoms with Crippen molar-refractivity contribution in [1.82, 2.24) is 10.3 Å². The van der Waals surface area contributed by atoms with Crippen LogP contribution < -0.4 is 10.1 Å². The van der Waals surface area contributed by atoms with Crippen LogP contribution in [0.3, 0.4) is 0 Å². The standard InChI is InChI=1S/C16H19BrN2O/c1-18-14(11-15-8-7-13(17)12-19-15)9-10-20-16-5-3-2-4-6-16/h2-8,12,14,18H,9-11H2,1H3. The molecule has 1 aromatic heterocycles. The summed E-state index contributed by atoms with van der Waals surface area (Å²) in [5, 5.41) is 3.32. The van der Waals surface area contributed by atoms with E-state index in [1.807, 2.05) is 55.7 Å². The Balaban J connectivity index is 1.79. The summed E-state index contributed by atoms with van der Waals surface area (Å²) in [6.45, 7) is 0.700. The Morgan fingerprint density at radius 3 is 2.65 bits per heavy atom. The van der Waals surface area contributed by atoms with Gasteiger partial charge in [-0.25, -0.2) is 0 Å².